The highest BCUT2D eigenvalue weighted by Gasteiger charge is 2.25. The first-order chi connectivity index (χ1) is 12.1. The molecule has 142 valence electrons. The molecule has 2 atom stereocenters. The van der Waals surface area contributed by atoms with Crippen LogP contribution in [0.25, 0.3) is 0 Å². The quantitative estimate of drug-likeness (QED) is 0.718. The van der Waals surface area contributed by atoms with Crippen molar-refractivity contribution in [2.24, 2.45) is 5.92 Å². The number of thiophene rings is 1. The number of quaternary nitrogens is 1. The molecule has 0 saturated carbocycles. The van der Waals surface area contributed by atoms with Crippen molar-refractivity contribution < 1.29 is 14.5 Å². The van der Waals surface area contributed by atoms with Gasteiger partial charge in [0.2, 0.25) is 0 Å². The monoisotopic (exact) mass is 377 g/mol. The van der Waals surface area contributed by atoms with Gasteiger partial charge in [-0.1, -0.05) is 6.92 Å². The van der Waals surface area contributed by atoms with Gasteiger partial charge in [0.15, 0.2) is 13.1 Å². The minimum absolute atomic E-state index is 0.0823. The second kappa shape index (κ2) is 8.19. The summed E-state index contributed by atoms with van der Waals surface area (Å²) in [6.45, 7) is 8.41. The Morgan fingerprint density at radius 3 is 2.58 bits per heavy atom. The summed E-state index contributed by atoms with van der Waals surface area (Å²) >= 11 is 1.52. The standard InChI is InChI=1S/C19H28N4O2S/c1-12-6-7-13-14(9-20)18(26-15(13)8-12)21-16(24)10-23(5)11-17(25)22-19(2,3)4/h12H,6-8,10-11H2,1-5H3,(H,21,24)(H,22,25)/p+1/t12-/m0/s1. The number of nitrogens with zero attached hydrogens (tertiary/aromatic N) is 1. The Kier molecular flexibility index (Phi) is 6.43. The zero-order valence-corrected chi connectivity index (χ0v) is 17.1. The summed E-state index contributed by atoms with van der Waals surface area (Å²) in [7, 11) is 1.81. The smallest absolute Gasteiger partial charge is 0.280 e. The van der Waals surface area contributed by atoms with Crippen LogP contribution in [0.1, 0.15) is 50.1 Å². The summed E-state index contributed by atoms with van der Waals surface area (Å²) in [5.74, 6) is 0.364. The number of likely N-dealkylation sites (N-methyl/N-ethyl adjacent to an activating group) is 1. The van der Waals surface area contributed by atoms with Gasteiger partial charge >= 0.3 is 0 Å². The SMILES string of the molecule is C[C@H]1CCc2c(sc(NC(=O)C[NH+](C)CC(=O)NC(C)(C)C)c2C#N)C1. The molecular formula is C19H29N4O2S+. The molecule has 0 spiro atoms. The Morgan fingerprint density at radius 2 is 1.96 bits per heavy atom. The molecule has 2 rings (SSSR count). The molecule has 26 heavy (non-hydrogen) atoms. The lowest BCUT2D eigenvalue weighted by Gasteiger charge is -2.21. The van der Waals surface area contributed by atoms with Crippen molar-refractivity contribution in [2.75, 3.05) is 25.5 Å². The largest absolute Gasteiger partial charge is 0.347 e. The highest BCUT2D eigenvalue weighted by Crippen LogP contribution is 2.39. The first-order valence-electron chi connectivity index (χ1n) is 9.06. The Morgan fingerprint density at radius 1 is 1.31 bits per heavy atom. The van der Waals surface area contributed by atoms with E-state index in [4.69, 9.17) is 0 Å². The molecule has 1 heterocycles. The van der Waals surface area contributed by atoms with Gasteiger partial charge in [-0.25, -0.2) is 0 Å². The van der Waals surface area contributed by atoms with Crippen LogP contribution >= 0.6 is 11.3 Å². The number of hydrogen-bond donors (Lipinski definition) is 3. The number of amides is 2. The van der Waals surface area contributed by atoms with Gasteiger partial charge in [-0.3, -0.25) is 9.59 Å². The van der Waals surface area contributed by atoms with Crippen molar-refractivity contribution in [1.29, 1.82) is 5.26 Å². The third-order valence-corrected chi connectivity index (χ3v) is 5.49. The van der Waals surface area contributed by atoms with E-state index in [-0.39, 0.29) is 30.4 Å². The van der Waals surface area contributed by atoms with Gasteiger partial charge in [-0.2, -0.15) is 5.26 Å². The van der Waals surface area contributed by atoms with Crippen molar-refractivity contribution in [2.45, 2.75) is 52.5 Å². The number of carbonyl (C=O) groups is 2. The second-order valence-electron chi connectivity index (χ2n) is 8.32. The Balaban J connectivity index is 1.96. The molecule has 0 radical (unpaired) electrons. The lowest BCUT2D eigenvalue weighted by Crippen LogP contribution is -3.11. The molecule has 1 aromatic heterocycles. The van der Waals surface area contributed by atoms with E-state index >= 15 is 0 Å². The van der Waals surface area contributed by atoms with E-state index < -0.39 is 0 Å². The molecule has 1 aromatic rings. The highest BCUT2D eigenvalue weighted by atomic mass is 32.1. The molecule has 1 unspecified atom stereocenters. The normalized spacial score (nSPS) is 17.8. The summed E-state index contributed by atoms with van der Waals surface area (Å²) in [5, 5.41) is 15.9. The summed E-state index contributed by atoms with van der Waals surface area (Å²) < 4.78 is 0. The fourth-order valence-electron chi connectivity index (χ4n) is 3.20. The zero-order chi connectivity index (χ0) is 19.5. The number of carbonyl (C=O) groups excluding carboxylic acids is 2. The van der Waals surface area contributed by atoms with Crippen molar-refractivity contribution in [3.8, 4) is 6.07 Å². The highest BCUT2D eigenvalue weighted by molar-refractivity contribution is 7.16. The predicted octanol–water partition coefficient (Wildman–Crippen LogP) is 1.11. The molecule has 0 aliphatic heterocycles. The molecule has 0 bridgehead atoms. The van der Waals surface area contributed by atoms with Crippen molar-refractivity contribution >= 4 is 28.2 Å². The van der Waals surface area contributed by atoms with Gasteiger partial charge in [-0.05, 0) is 51.5 Å². The van der Waals surface area contributed by atoms with Crippen LogP contribution in [0, 0.1) is 17.2 Å². The van der Waals surface area contributed by atoms with Gasteiger partial charge in [0.1, 0.15) is 11.1 Å². The van der Waals surface area contributed by atoms with Gasteiger partial charge in [0.05, 0.1) is 12.6 Å². The number of nitriles is 1. The molecular weight excluding hydrogens is 348 g/mol. The summed E-state index contributed by atoms with van der Waals surface area (Å²) in [6.07, 6.45) is 2.97. The molecule has 7 heteroatoms. The Bertz CT molecular complexity index is 727. The maximum Gasteiger partial charge on any atom is 0.280 e. The van der Waals surface area contributed by atoms with E-state index in [1.807, 2.05) is 27.8 Å². The molecule has 1 aliphatic carbocycles. The summed E-state index contributed by atoms with van der Waals surface area (Å²) in [4.78, 5) is 26.4. The maximum absolute atomic E-state index is 12.4. The van der Waals surface area contributed by atoms with Crippen LogP contribution in [-0.2, 0) is 22.4 Å². The van der Waals surface area contributed by atoms with E-state index in [1.165, 1.54) is 16.2 Å². The molecule has 0 saturated heterocycles. The van der Waals surface area contributed by atoms with Crippen LogP contribution < -0.4 is 15.5 Å². The topological polar surface area (TPSA) is 86.4 Å². The molecule has 2 amide bonds. The molecule has 0 aromatic carbocycles. The number of nitrogens with one attached hydrogen (secondary N) is 3. The van der Waals surface area contributed by atoms with Gasteiger partial charge in [0.25, 0.3) is 11.8 Å². The number of rotatable bonds is 5. The van der Waals surface area contributed by atoms with Crippen molar-refractivity contribution in [1.82, 2.24) is 5.32 Å². The predicted molar refractivity (Wildman–Crippen MR) is 103 cm³/mol. The number of hydrogen-bond acceptors (Lipinski definition) is 4. The minimum Gasteiger partial charge on any atom is -0.347 e. The Labute approximate surface area is 159 Å². The summed E-state index contributed by atoms with van der Waals surface area (Å²) in [5.41, 5.74) is 1.44. The van der Waals surface area contributed by atoms with Crippen LogP contribution in [0.4, 0.5) is 5.00 Å². The van der Waals surface area contributed by atoms with E-state index in [0.717, 1.165) is 29.7 Å². The summed E-state index contributed by atoms with van der Waals surface area (Å²) in [6, 6.07) is 2.26. The first-order valence-corrected chi connectivity index (χ1v) is 9.87. The van der Waals surface area contributed by atoms with E-state index in [9.17, 15) is 14.9 Å². The third kappa shape index (κ3) is 5.55. The van der Waals surface area contributed by atoms with Gasteiger partial charge in [-0.15, -0.1) is 11.3 Å². The minimum atomic E-state index is -0.283. The average molecular weight is 378 g/mol. The van der Waals surface area contributed by atoms with E-state index in [2.05, 4.69) is 23.6 Å². The fourth-order valence-corrected chi connectivity index (χ4v) is 4.58. The van der Waals surface area contributed by atoms with Gasteiger partial charge in [0, 0.05) is 10.4 Å². The van der Waals surface area contributed by atoms with Crippen molar-refractivity contribution in [3.05, 3.63) is 16.0 Å². The fraction of sp³-hybridized carbons (Fsp3) is 0.632. The number of fused-ring (bicyclic) bond motifs is 1. The van der Waals surface area contributed by atoms with E-state index in [1.54, 1.807) is 0 Å². The van der Waals surface area contributed by atoms with Crippen LogP contribution in [-0.4, -0.2) is 37.5 Å². The van der Waals surface area contributed by atoms with Crippen LogP contribution in [0.2, 0.25) is 0 Å². The molecule has 6 nitrogen and oxygen atoms in total. The molecule has 1 aliphatic rings. The molecule has 0 fully saturated rings. The van der Waals surface area contributed by atoms with Crippen LogP contribution in [0.5, 0.6) is 0 Å². The zero-order valence-electron chi connectivity index (χ0n) is 16.3. The van der Waals surface area contributed by atoms with Crippen molar-refractivity contribution in [3.63, 3.8) is 0 Å². The Hall–Kier alpha value is -1.91. The average Bonchev–Trinajstić information content (AvgIpc) is 2.80. The number of anilines is 1. The van der Waals surface area contributed by atoms with E-state index in [0.29, 0.717) is 16.5 Å². The van der Waals surface area contributed by atoms with Crippen LogP contribution in [0.15, 0.2) is 0 Å². The van der Waals surface area contributed by atoms with Crippen LogP contribution in [0.3, 0.4) is 0 Å². The lowest BCUT2D eigenvalue weighted by molar-refractivity contribution is -0.862. The molecule has 3 N–H and O–H groups in total. The third-order valence-electron chi connectivity index (χ3n) is 4.32. The van der Waals surface area contributed by atoms with Gasteiger partial charge < -0.3 is 15.5 Å². The maximum atomic E-state index is 12.4. The second-order valence-corrected chi connectivity index (χ2v) is 9.43. The lowest BCUT2D eigenvalue weighted by atomic mass is 9.89. The first kappa shape index (κ1) is 20.4.